The van der Waals surface area contributed by atoms with Gasteiger partial charge in [0.1, 0.15) is 5.82 Å². The van der Waals surface area contributed by atoms with Gasteiger partial charge in [-0.1, -0.05) is 48.0 Å². The SMILES string of the molecule is O=C(C=Cc1ccc(F)c(Cl)c1)N1CCN(S(=O)(=O)Cc2ccccc2)CC1. The Morgan fingerprint density at radius 3 is 2.39 bits per heavy atom. The third kappa shape index (κ3) is 5.19. The summed E-state index contributed by atoms with van der Waals surface area (Å²) >= 11 is 5.73. The predicted molar refractivity (Wildman–Crippen MR) is 108 cm³/mol. The normalized spacial score (nSPS) is 15.9. The van der Waals surface area contributed by atoms with E-state index in [0.717, 1.165) is 5.56 Å². The second-order valence-electron chi connectivity index (χ2n) is 6.47. The van der Waals surface area contributed by atoms with E-state index in [1.54, 1.807) is 23.1 Å². The fourth-order valence-corrected chi connectivity index (χ4v) is 4.66. The maximum absolute atomic E-state index is 13.2. The molecule has 0 aromatic heterocycles. The van der Waals surface area contributed by atoms with Gasteiger partial charge in [-0.25, -0.2) is 12.8 Å². The van der Waals surface area contributed by atoms with Gasteiger partial charge in [0.2, 0.25) is 15.9 Å². The van der Waals surface area contributed by atoms with E-state index in [9.17, 15) is 17.6 Å². The number of hydrogen-bond donors (Lipinski definition) is 0. The number of rotatable bonds is 5. The number of benzene rings is 2. The van der Waals surface area contributed by atoms with Crippen molar-refractivity contribution in [3.63, 3.8) is 0 Å². The molecule has 3 rings (SSSR count). The zero-order valence-corrected chi connectivity index (χ0v) is 16.7. The van der Waals surface area contributed by atoms with Crippen LogP contribution in [0.15, 0.2) is 54.6 Å². The number of hydrogen-bond acceptors (Lipinski definition) is 3. The summed E-state index contributed by atoms with van der Waals surface area (Å²) < 4.78 is 39.7. The van der Waals surface area contributed by atoms with E-state index >= 15 is 0 Å². The number of nitrogens with zero attached hydrogens (tertiary/aromatic N) is 2. The summed E-state index contributed by atoms with van der Waals surface area (Å²) in [5.41, 5.74) is 1.35. The maximum Gasteiger partial charge on any atom is 0.246 e. The molecule has 0 spiro atoms. The van der Waals surface area contributed by atoms with Crippen LogP contribution in [0.4, 0.5) is 4.39 Å². The van der Waals surface area contributed by atoms with E-state index in [1.807, 2.05) is 18.2 Å². The molecule has 0 bridgehead atoms. The van der Waals surface area contributed by atoms with Crippen molar-refractivity contribution in [1.29, 1.82) is 0 Å². The zero-order valence-electron chi connectivity index (χ0n) is 15.1. The lowest BCUT2D eigenvalue weighted by atomic mass is 10.2. The molecule has 0 radical (unpaired) electrons. The minimum absolute atomic E-state index is 0.00756. The van der Waals surface area contributed by atoms with Crippen LogP contribution in [0.25, 0.3) is 6.08 Å². The zero-order chi connectivity index (χ0) is 20.1. The Balaban J connectivity index is 1.56. The van der Waals surface area contributed by atoms with Crippen molar-refractivity contribution in [1.82, 2.24) is 9.21 Å². The molecule has 1 aliphatic heterocycles. The van der Waals surface area contributed by atoms with Gasteiger partial charge in [0.25, 0.3) is 0 Å². The third-order valence-electron chi connectivity index (χ3n) is 4.50. The van der Waals surface area contributed by atoms with Gasteiger partial charge in [-0.3, -0.25) is 4.79 Å². The Morgan fingerprint density at radius 1 is 1.07 bits per heavy atom. The number of piperazine rings is 1. The Morgan fingerprint density at radius 2 is 1.75 bits per heavy atom. The number of carbonyl (C=O) groups excluding carboxylic acids is 1. The molecule has 5 nitrogen and oxygen atoms in total. The highest BCUT2D eigenvalue weighted by atomic mass is 35.5. The summed E-state index contributed by atoms with van der Waals surface area (Å²) in [6.45, 7) is 1.16. The monoisotopic (exact) mass is 422 g/mol. The van der Waals surface area contributed by atoms with Crippen LogP contribution in [0.1, 0.15) is 11.1 Å². The van der Waals surface area contributed by atoms with Crippen LogP contribution in [0.2, 0.25) is 5.02 Å². The summed E-state index contributed by atoms with van der Waals surface area (Å²) in [5.74, 6) is -0.786. The van der Waals surface area contributed by atoms with E-state index < -0.39 is 15.8 Å². The average Bonchev–Trinajstić information content (AvgIpc) is 2.69. The molecule has 0 atom stereocenters. The van der Waals surface area contributed by atoms with Crippen molar-refractivity contribution in [3.05, 3.63) is 76.6 Å². The van der Waals surface area contributed by atoms with E-state index in [-0.39, 0.29) is 29.8 Å². The highest BCUT2D eigenvalue weighted by molar-refractivity contribution is 7.88. The molecule has 0 aliphatic carbocycles. The molecule has 2 aromatic rings. The fraction of sp³-hybridized carbons (Fsp3) is 0.250. The quantitative estimate of drug-likeness (QED) is 0.695. The highest BCUT2D eigenvalue weighted by Crippen LogP contribution is 2.17. The lowest BCUT2D eigenvalue weighted by molar-refractivity contribution is -0.127. The standard InChI is InChI=1S/C20H20ClFN2O3S/c21-18-14-16(6-8-19(18)22)7-9-20(25)23-10-12-24(13-11-23)28(26,27)15-17-4-2-1-3-5-17/h1-9,14H,10-13,15H2. The lowest BCUT2D eigenvalue weighted by Gasteiger charge is -2.33. The molecular weight excluding hydrogens is 403 g/mol. The van der Waals surface area contributed by atoms with Gasteiger partial charge in [0, 0.05) is 32.3 Å². The van der Waals surface area contributed by atoms with Crippen molar-refractivity contribution in [2.75, 3.05) is 26.2 Å². The van der Waals surface area contributed by atoms with Crippen LogP contribution in [-0.2, 0) is 20.6 Å². The van der Waals surface area contributed by atoms with Gasteiger partial charge in [0.15, 0.2) is 0 Å². The number of sulfonamides is 1. The first-order valence-electron chi connectivity index (χ1n) is 8.79. The number of carbonyl (C=O) groups is 1. The minimum atomic E-state index is -3.42. The highest BCUT2D eigenvalue weighted by Gasteiger charge is 2.28. The Labute approximate surface area is 169 Å². The Bertz CT molecular complexity index is 972. The van der Waals surface area contributed by atoms with Crippen molar-refractivity contribution in [2.45, 2.75) is 5.75 Å². The van der Waals surface area contributed by atoms with Gasteiger partial charge in [-0.15, -0.1) is 0 Å². The van der Waals surface area contributed by atoms with Gasteiger partial charge >= 0.3 is 0 Å². The predicted octanol–water partition coefficient (Wildman–Crippen LogP) is 3.17. The summed E-state index contributed by atoms with van der Waals surface area (Å²) in [7, 11) is -3.42. The molecule has 0 N–H and O–H groups in total. The van der Waals surface area contributed by atoms with Crippen LogP contribution in [0, 0.1) is 5.82 Å². The van der Waals surface area contributed by atoms with E-state index in [1.165, 1.54) is 28.6 Å². The minimum Gasteiger partial charge on any atom is -0.337 e. The van der Waals surface area contributed by atoms with E-state index in [2.05, 4.69) is 0 Å². The first-order valence-corrected chi connectivity index (χ1v) is 10.8. The molecule has 1 amide bonds. The van der Waals surface area contributed by atoms with Gasteiger partial charge in [-0.2, -0.15) is 4.31 Å². The summed E-state index contributed by atoms with van der Waals surface area (Å²) in [5, 5.41) is -0.00756. The van der Waals surface area contributed by atoms with Gasteiger partial charge in [-0.05, 0) is 29.3 Å². The molecule has 1 heterocycles. The smallest absolute Gasteiger partial charge is 0.246 e. The number of amides is 1. The molecule has 0 saturated carbocycles. The van der Waals surface area contributed by atoms with E-state index in [0.29, 0.717) is 18.7 Å². The topological polar surface area (TPSA) is 57.7 Å². The Kier molecular flexibility index (Phi) is 6.49. The fourth-order valence-electron chi connectivity index (χ4n) is 2.95. The van der Waals surface area contributed by atoms with Crippen LogP contribution < -0.4 is 0 Å². The second-order valence-corrected chi connectivity index (χ2v) is 8.85. The third-order valence-corrected chi connectivity index (χ3v) is 6.64. The van der Waals surface area contributed by atoms with Crippen molar-refractivity contribution < 1.29 is 17.6 Å². The summed E-state index contributed by atoms with van der Waals surface area (Å²) in [6, 6.07) is 13.2. The molecule has 148 valence electrons. The number of halogens is 2. The largest absolute Gasteiger partial charge is 0.337 e. The first kappa shape index (κ1) is 20.5. The van der Waals surface area contributed by atoms with Gasteiger partial charge < -0.3 is 4.90 Å². The van der Waals surface area contributed by atoms with E-state index in [4.69, 9.17) is 11.6 Å². The Hall–Kier alpha value is -2.22. The first-order chi connectivity index (χ1) is 13.3. The van der Waals surface area contributed by atoms with Crippen molar-refractivity contribution >= 4 is 33.6 Å². The van der Waals surface area contributed by atoms with Crippen LogP contribution in [-0.4, -0.2) is 49.7 Å². The molecule has 8 heteroatoms. The molecule has 28 heavy (non-hydrogen) atoms. The maximum atomic E-state index is 13.2. The van der Waals surface area contributed by atoms with Gasteiger partial charge in [0.05, 0.1) is 10.8 Å². The molecule has 1 saturated heterocycles. The van der Waals surface area contributed by atoms with Crippen molar-refractivity contribution in [2.24, 2.45) is 0 Å². The van der Waals surface area contributed by atoms with Crippen LogP contribution in [0.5, 0.6) is 0 Å². The average molecular weight is 423 g/mol. The second kappa shape index (κ2) is 8.86. The molecule has 0 unspecified atom stereocenters. The molecule has 1 fully saturated rings. The molecular formula is C20H20ClFN2O3S. The molecule has 2 aromatic carbocycles. The lowest BCUT2D eigenvalue weighted by Crippen LogP contribution is -2.50. The summed E-state index contributed by atoms with van der Waals surface area (Å²) in [6.07, 6.45) is 2.95. The van der Waals surface area contributed by atoms with Crippen LogP contribution >= 0.6 is 11.6 Å². The van der Waals surface area contributed by atoms with Crippen LogP contribution in [0.3, 0.4) is 0 Å². The van der Waals surface area contributed by atoms with Crippen molar-refractivity contribution in [3.8, 4) is 0 Å². The summed E-state index contributed by atoms with van der Waals surface area (Å²) in [4.78, 5) is 13.9. The molecule has 1 aliphatic rings.